The molecule has 0 saturated heterocycles. The average Bonchev–Trinajstić information content (AvgIpc) is 3.12. The van der Waals surface area contributed by atoms with Crippen LogP contribution in [0.3, 0.4) is 0 Å². The highest BCUT2D eigenvalue weighted by Crippen LogP contribution is 2.37. The zero-order chi connectivity index (χ0) is 19.0. The summed E-state index contributed by atoms with van der Waals surface area (Å²) in [5.74, 6) is -0.352. The SMILES string of the molecule is O=C(Nc1ccc(F)cc1)N1CCn2cccc2[C@H]1c1ccc(Cl)cc1Cl. The molecule has 1 atom stereocenters. The van der Waals surface area contributed by atoms with Gasteiger partial charge in [-0.1, -0.05) is 29.3 Å². The third-order valence-electron chi connectivity index (χ3n) is 4.65. The maximum atomic E-state index is 13.1. The lowest BCUT2D eigenvalue weighted by Crippen LogP contribution is -2.44. The van der Waals surface area contributed by atoms with Gasteiger partial charge < -0.3 is 14.8 Å². The molecular formula is C20H16Cl2FN3O. The number of nitrogens with zero attached hydrogens (tertiary/aromatic N) is 2. The molecule has 4 nitrogen and oxygen atoms in total. The average molecular weight is 404 g/mol. The van der Waals surface area contributed by atoms with Crippen LogP contribution in [0.1, 0.15) is 17.3 Å². The Hall–Kier alpha value is -2.50. The van der Waals surface area contributed by atoms with Gasteiger partial charge in [0.2, 0.25) is 0 Å². The number of carbonyl (C=O) groups is 1. The largest absolute Gasteiger partial charge is 0.348 e. The summed E-state index contributed by atoms with van der Waals surface area (Å²) in [5.41, 5.74) is 2.30. The molecule has 7 heteroatoms. The minimum Gasteiger partial charge on any atom is -0.348 e. The molecule has 0 fully saturated rings. The predicted molar refractivity (Wildman–Crippen MR) is 105 cm³/mol. The van der Waals surface area contributed by atoms with Gasteiger partial charge in [-0.25, -0.2) is 9.18 Å². The number of urea groups is 1. The van der Waals surface area contributed by atoms with E-state index in [1.54, 1.807) is 17.0 Å². The van der Waals surface area contributed by atoms with E-state index in [0.29, 0.717) is 28.8 Å². The van der Waals surface area contributed by atoms with Crippen LogP contribution >= 0.6 is 23.2 Å². The van der Waals surface area contributed by atoms with Gasteiger partial charge in [0.05, 0.1) is 0 Å². The molecule has 0 saturated carbocycles. The number of halogens is 3. The Morgan fingerprint density at radius 1 is 1.07 bits per heavy atom. The first-order valence-corrected chi connectivity index (χ1v) is 9.22. The molecule has 0 spiro atoms. The van der Waals surface area contributed by atoms with Gasteiger partial charge in [0.15, 0.2) is 0 Å². The maximum absolute atomic E-state index is 13.1. The van der Waals surface area contributed by atoms with Crippen LogP contribution in [0.2, 0.25) is 10.0 Å². The standard InChI is InChI=1S/C20H16Cl2FN3O/c21-13-3-8-16(17(22)12-13)19-18-2-1-9-25(18)10-11-26(19)20(27)24-15-6-4-14(23)5-7-15/h1-9,12,19H,10-11H2,(H,24,27)/t19-/m1/s1. The second-order valence-electron chi connectivity index (χ2n) is 6.33. The van der Waals surface area contributed by atoms with Crippen molar-refractivity contribution in [2.24, 2.45) is 0 Å². The lowest BCUT2D eigenvalue weighted by Gasteiger charge is -2.37. The molecule has 2 aromatic carbocycles. The van der Waals surface area contributed by atoms with Crippen molar-refractivity contribution >= 4 is 34.9 Å². The summed E-state index contributed by atoms with van der Waals surface area (Å²) in [7, 11) is 0. The van der Waals surface area contributed by atoms with Gasteiger partial charge in [0.25, 0.3) is 0 Å². The fraction of sp³-hybridized carbons (Fsp3) is 0.150. The van der Waals surface area contributed by atoms with Crippen molar-refractivity contribution in [2.45, 2.75) is 12.6 Å². The number of anilines is 1. The topological polar surface area (TPSA) is 37.3 Å². The Labute approximate surface area is 166 Å². The highest BCUT2D eigenvalue weighted by molar-refractivity contribution is 6.35. The third kappa shape index (κ3) is 3.53. The van der Waals surface area contributed by atoms with Gasteiger partial charge >= 0.3 is 6.03 Å². The molecule has 2 amide bonds. The Balaban J connectivity index is 1.70. The van der Waals surface area contributed by atoms with E-state index in [0.717, 1.165) is 11.3 Å². The molecule has 0 aliphatic carbocycles. The van der Waals surface area contributed by atoms with Crippen LogP contribution in [0.4, 0.5) is 14.9 Å². The van der Waals surface area contributed by atoms with Crippen LogP contribution < -0.4 is 5.32 Å². The number of carbonyl (C=O) groups excluding carboxylic acids is 1. The molecule has 0 bridgehead atoms. The number of aromatic nitrogens is 1. The Morgan fingerprint density at radius 3 is 2.59 bits per heavy atom. The predicted octanol–water partition coefficient (Wildman–Crippen LogP) is 5.57. The first-order valence-electron chi connectivity index (χ1n) is 8.46. The van der Waals surface area contributed by atoms with Crippen LogP contribution in [-0.2, 0) is 6.54 Å². The van der Waals surface area contributed by atoms with Crippen molar-refractivity contribution in [2.75, 3.05) is 11.9 Å². The van der Waals surface area contributed by atoms with E-state index in [4.69, 9.17) is 23.2 Å². The molecule has 2 heterocycles. The zero-order valence-electron chi connectivity index (χ0n) is 14.2. The lowest BCUT2D eigenvalue weighted by molar-refractivity contribution is 0.182. The van der Waals surface area contributed by atoms with E-state index >= 15 is 0 Å². The Morgan fingerprint density at radius 2 is 1.85 bits per heavy atom. The van der Waals surface area contributed by atoms with Gasteiger partial charge in [-0.3, -0.25) is 0 Å². The van der Waals surface area contributed by atoms with Gasteiger partial charge in [0, 0.05) is 40.7 Å². The van der Waals surface area contributed by atoms with Gasteiger partial charge in [-0.2, -0.15) is 0 Å². The fourth-order valence-electron chi connectivity index (χ4n) is 3.38. The summed E-state index contributed by atoms with van der Waals surface area (Å²) in [6, 6.07) is 14.3. The van der Waals surface area contributed by atoms with Crippen molar-refractivity contribution in [3.05, 3.63) is 87.9 Å². The Kier molecular flexibility index (Phi) is 4.81. The van der Waals surface area contributed by atoms with E-state index in [1.807, 2.05) is 24.4 Å². The number of nitrogens with one attached hydrogen (secondary N) is 1. The minimum atomic E-state index is -0.352. The van der Waals surface area contributed by atoms with Crippen molar-refractivity contribution < 1.29 is 9.18 Å². The molecule has 1 aromatic heterocycles. The summed E-state index contributed by atoms with van der Waals surface area (Å²) in [5, 5.41) is 3.88. The fourth-order valence-corrected chi connectivity index (χ4v) is 3.89. The van der Waals surface area contributed by atoms with Crippen LogP contribution in [-0.4, -0.2) is 22.0 Å². The summed E-state index contributed by atoms with van der Waals surface area (Å²) >= 11 is 12.5. The third-order valence-corrected chi connectivity index (χ3v) is 5.21. The van der Waals surface area contributed by atoms with Crippen LogP contribution in [0, 0.1) is 5.82 Å². The second kappa shape index (κ2) is 7.25. The second-order valence-corrected chi connectivity index (χ2v) is 7.17. The quantitative estimate of drug-likeness (QED) is 0.596. The van der Waals surface area contributed by atoms with Gasteiger partial charge in [-0.15, -0.1) is 0 Å². The van der Waals surface area contributed by atoms with E-state index in [2.05, 4.69) is 9.88 Å². The smallest absolute Gasteiger partial charge is 0.322 e. The first-order chi connectivity index (χ1) is 13.0. The monoisotopic (exact) mass is 403 g/mol. The number of rotatable bonds is 2. The molecule has 3 aromatic rings. The number of hydrogen-bond donors (Lipinski definition) is 1. The van der Waals surface area contributed by atoms with E-state index < -0.39 is 0 Å². The molecule has 1 aliphatic rings. The highest BCUT2D eigenvalue weighted by atomic mass is 35.5. The maximum Gasteiger partial charge on any atom is 0.322 e. The zero-order valence-corrected chi connectivity index (χ0v) is 15.7. The molecule has 138 valence electrons. The normalized spacial score (nSPS) is 16.1. The molecule has 27 heavy (non-hydrogen) atoms. The van der Waals surface area contributed by atoms with Crippen LogP contribution in [0.25, 0.3) is 0 Å². The number of fused-ring (bicyclic) bond motifs is 1. The van der Waals surface area contributed by atoms with Gasteiger partial charge in [0.1, 0.15) is 11.9 Å². The molecule has 0 radical (unpaired) electrons. The van der Waals surface area contributed by atoms with Crippen molar-refractivity contribution in [1.29, 1.82) is 0 Å². The van der Waals surface area contributed by atoms with Crippen LogP contribution in [0.15, 0.2) is 60.8 Å². The van der Waals surface area contributed by atoms with Crippen LogP contribution in [0.5, 0.6) is 0 Å². The van der Waals surface area contributed by atoms with Gasteiger partial charge in [-0.05, 0) is 54.1 Å². The minimum absolute atomic E-state index is 0.273. The molecule has 0 unspecified atom stereocenters. The summed E-state index contributed by atoms with van der Waals surface area (Å²) in [4.78, 5) is 14.7. The van der Waals surface area contributed by atoms with Crippen molar-refractivity contribution in [1.82, 2.24) is 9.47 Å². The van der Waals surface area contributed by atoms with E-state index in [1.165, 1.54) is 24.3 Å². The number of benzene rings is 2. The molecule has 1 N–H and O–H groups in total. The Bertz CT molecular complexity index is 987. The molecule has 1 aliphatic heterocycles. The van der Waals surface area contributed by atoms with Crippen molar-refractivity contribution in [3.8, 4) is 0 Å². The number of hydrogen-bond acceptors (Lipinski definition) is 1. The summed E-state index contributed by atoms with van der Waals surface area (Å²) in [6.07, 6.45) is 1.99. The lowest BCUT2D eigenvalue weighted by atomic mass is 10.00. The van der Waals surface area contributed by atoms with E-state index in [9.17, 15) is 9.18 Å². The summed E-state index contributed by atoms with van der Waals surface area (Å²) < 4.78 is 15.2. The summed E-state index contributed by atoms with van der Waals surface area (Å²) in [6.45, 7) is 1.19. The number of amides is 2. The van der Waals surface area contributed by atoms with Crippen molar-refractivity contribution in [3.63, 3.8) is 0 Å². The first kappa shape index (κ1) is 17.9. The highest BCUT2D eigenvalue weighted by Gasteiger charge is 2.33. The molecular weight excluding hydrogens is 388 g/mol. The molecule has 4 rings (SSSR count). The van der Waals surface area contributed by atoms with E-state index in [-0.39, 0.29) is 17.9 Å².